The average Bonchev–Trinajstić information content (AvgIpc) is 2.88. The fraction of sp³-hybridized carbons (Fsp3) is 0.231. The largest absolute Gasteiger partial charge is 0.345 e. The van der Waals surface area contributed by atoms with Gasteiger partial charge < -0.3 is 15.6 Å². The zero-order chi connectivity index (χ0) is 14.4. The Labute approximate surface area is 116 Å². The number of nitrogens with two attached hydrogens (primary N) is 1. The molecule has 0 atom stereocenters. The number of nitrogens with one attached hydrogen (secondary N) is 1. The molecule has 2 aromatic rings. The van der Waals surface area contributed by atoms with E-state index in [0.29, 0.717) is 23.5 Å². The van der Waals surface area contributed by atoms with Crippen LogP contribution in [0.15, 0.2) is 24.8 Å². The summed E-state index contributed by atoms with van der Waals surface area (Å²) in [6, 6.07) is 1.62. The van der Waals surface area contributed by atoms with E-state index in [9.17, 15) is 4.79 Å². The van der Waals surface area contributed by atoms with Crippen LogP contribution in [-0.4, -0.2) is 32.2 Å². The van der Waals surface area contributed by atoms with Gasteiger partial charge in [0.15, 0.2) is 5.82 Å². The van der Waals surface area contributed by atoms with Crippen molar-refractivity contribution in [3.63, 3.8) is 0 Å². The lowest BCUT2D eigenvalue weighted by molar-refractivity contribution is 0.0949. The van der Waals surface area contributed by atoms with Crippen LogP contribution in [0.3, 0.4) is 0 Å². The van der Waals surface area contributed by atoms with Crippen LogP contribution in [0.1, 0.15) is 21.7 Å². The summed E-state index contributed by atoms with van der Waals surface area (Å²) in [6.45, 7) is 0.524. The van der Waals surface area contributed by atoms with Gasteiger partial charge in [0, 0.05) is 19.4 Å². The molecule has 0 saturated carbocycles. The molecule has 0 aliphatic carbocycles. The van der Waals surface area contributed by atoms with Crippen molar-refractivity contribution in [2.75, 3.05) is 6.54 Å². The summed E-state index contributed by atoms with van der Waals surface area (Å²) < 4.78 is 1.74. The summed E-state index contributed by atoms with van der Waals surface area (Å²) in [5, 5.41) is 10.4. The van der Waals surface area contributed by atoms with E-state index in [4.69, 9.17) is 5.73 Å². The third kappa shape index (κ3) is 3.18. The number of nitrogens with zero attached hydrogens (tertiary/aromatic N) is 4. The van der Waals surface area contributed by atoms with Gasteiger partial charge in [-0.05, 0) is 6.07 Å². The van der Waals surface area contributed by atoms with Crippen molar-refractivity contribution in [3.8, 4) is 11.8 Å². The summed E-state index contributed by atoms with van der Waals surface area (Å²) in [7, 11) is 1.81. The number of amides is 1. The lowest BCUT2D eigenvalue weighted by Crippen LogP contribution is -2.25. The molecular formula is C13H14N6O. The Morgan fingerprint density at radius 1 is 1.55 bits per heavy atom. The first kappa shape index (κ1) is 13.7. The second-order valence-electron chi connectivity index (χ2n) is 3.97. The quantitative estimate of drug-likeness (QED) is 0.729. The first-order valence-electron chi connectivity index (χ1n) is 5.96. The topological polar surface area (TPSA) is 98.7 Å². The van der Waals surface area contributed by atoms with Crippen molar-refractivity contribution in [3.05, 3.63) is 41.7 Å². The van der Waals surface area contributed by atoms with Gasteiger partial charge in [0.05, 0.1) is 24.2 Å². The van der Waals surface area contributed by atoms with Crippen LogP contribution in [0.25, 0.3) is 0 Å². The van der Waals surface area contributed by atoms with Crippen molar-refractivity contribution >= 4 is 5.91 Å². The molecule has 0 aromatic carbocycles. The lowest BCUT2D eigenvalue weighted by atomic mass is 10.1. The molecule has 1 amide bonds. The van der Waals surface area contributed by atoms with Crippen LogP contribution in [0.5, 0.6) is 0 Å². The van der Waals surface area contributed by atoms with Gasteiger partial charge >= 0.3 is 0 Å². The first-order chi connectivity index (χ1) is 9.72. The Hall–Kier alpha value is -2.72. The van der Waals surface area contributed by atoms with Gasteiger partial charge in [0.2, 0.25) is 0 Å². The monoisotopic (exact) mass is 270 g/mol. The van der Waals surface area contributed by atoms with Crippen LogP contribution < -0.4 is 11.1 Å². The molecule has 7 heteroatoms. The Morgan fingerprint density at radius 2 is 2.40 bits per heavy atom. The van der Waals surface area contributed by atoms with Gasteiger partial charge in [-0.25, -0.2) is 0 Å². The van der Waals surface area contributed by atoms with Gasteiger partial charge in [-0.15, -0.1) is 10.2 Å². The fourth-order valence-electron chi connectivity index (χ4n) is 1.56. The van der Waals surface area contributed by atoms with E-state index in [1.54, 1.807) is 29.4 Å². The van der Waals surface area contributed by atoms with Gasteiger partial charge in [-0.3, -0.25) is 9.78 Å². The maximum absolute atomic E-state index is 12.1. The molecule has 7 nitrogen and oxygen atoms in total. The second kappa shape index (κ2) is 6.45. The van der Waals surface area contributed by atoms with E-state index in [1.165, 1.54) is 0 Å². The fourth-order valence-corrected chi connectivity index (χ4v) is 1.56. The predicted molar refractivity (Wildman–Crippen MR) is 72.3 cm³/mol. The van der Waals surface area contributed by atoms with E-state index in [0.717, 1.165) is 0 Å². The number of carbonyl (C=O) groups is 1. The Bertz CT molecular complexity index is 667. The number of rotatable bonds is 3. The zero-order valence-corrected chi connectivity index (χ0v) is 11.0. The number of hydrogen-bond donors (Lipinski definition) is 2. The van der Waals surface area contributed by atoms with E-state index >= 15 is 0 Å². The first-order valence-corrected chi connectivity index (χ1v) is 5.96. The van der Waals surface area contributed by atoms with Crippen molar-refractivity contribution in [2.45, 2.75) is 6.54 Å². The molecule has 2 aromatic heterocycles. The minimum atomic E-state index is -0.239. The minimum Gasteiger partial charge on any atom is -0.345 e. The van der Waals surface area contributed by atoms with Gasteiger partial charge in [-0.1, -0.05) is 11.8 Å². The Balaban J connectivity index is 2.11. The SMILES string of the molecule is Cn1cnnc1CNC(=O)c1ccncc1C#CCN. The average molecular weight is 270 g/mol. The summed E-state index contributed by atoms with van der Waals surface area (Å²) in [4.78, 5) is 16.1. The molecule has 2 heterocycles. The van der Waals surface area contributed by atoms with E-state index in [-0.39, 0.29) is 12.5 Å². The number of aromatic nitrogens is 4. The molecule has 0 bridgehead atoms. The van der Waals surface area contributed by atoms with E-state index in [2.05, 4.69) is 32.3 Å². The molecule has 20 heavy (non-hydrogen) atoms. The highest BCUT2D eigenvalue weighted by atomic mass is 16.1. The summed E-state index contributed by atoms with van der Waals surface area (Å²) in [6.07, 6.45) is 4.66. The van der Waals surface area contributed by atoms with Crippen LogP contribution in [0.4, 0.5) is 0 Å². The Kier molecular flexibility index (Phi) is 4.42. The van der Waals surface area contributed by atoms with Gasteiger partial charge in [0.1, 0.15) is 6.33 Å². The maximum atomic E-state index is 12.1. The van der Waals surface area contributed by atoms with Crippen molar-refractivity contribution < 1.29 is 4.79 Å². The van der Waals surface area contributed by atoms with Crippen LogP contribution in [-0.2, 0) is 13.6 Å². The van der Waals surface area contributed by atoms with Crippen LogP contribution >= 0.6 is 0 Å². The molecule has 0 radical (unpaired) electrons. The molecule has 0 fully saturated rings. The molecule has 3 N–H and O–H groups in total. The third-order valence-electron chi connectivity index (χ3n) is 2.60. The smallest absolute Gasteiger partial charge is 0.253 e. The third-order valence-corrected chi connectivity index (χ3v) is 2.60. The highest BCUT2D eigenvalue weighted by Crippen LogP contribution is 2.05. The molecule has 102 valence electrons. The molecule has 0 unspecified atom stereocenters. The lowest BCUT2D eigenvalue weighted by Gasteiger charge is -2.06. The van der Waals surface area contributed by atoms with Crippen molar-refractivity contribution in [1.82, 2.24) is 25.1 Å². The number of carbonyl (C=O) groups excluding carboxylic acids is 1. The molecule has 0 aliphatic heterocycles. The maximum Gasteiger partial charge on any atom is 0.253 e. The summed E-state index contributed by atoms with van der Waals surface area (Å²) in [5.41, 5.74) is 6.34. The Morgan fingerprint density at radius 3 is 3.10 bits per heavy atom. The van der Waals surface area contributed by atoms with Gasteiger partial charge in [0.25, 0.3) is 5.91 Å². The van der Waals surface area contributed by atoms with E-state index < -0.39 is 0 Å². The summed E-state index contributed by atoms with van der Waals surface area (Å²) in [5.74, 6) is 5.97. The van der Waals surface area contributed by atoms with E-state index in [1.807, 2.05) is 7.05 Å². The number of aryl methyl sites for hydroxylation is 1. The van der Waals surface area contributed by atoms with Gasteiger partial charge in [-0.2, -0.15) is 0 Å². The van der Waals surface area contributed by atoms with Crippen molar-refractivity contribution in [2.24, 2.45) is 12.8 Å². The molecular weight excluding hydrogens is 256 g/mol. The van der Waals surface area contributed by atoms with Crippen LogP contribution in [0, 0.1) is 11.8 Å². The molecule has 0 saturated heterocycles. The standard InChI is InChI=1S/C13H14N6O/c1-19-9-17-18-12(19)8-16-13(20)11-4-6-15-7-10(11)3-2-5-14/h4,6-7,9H,5,8,14H2,1H3,(H,16,20). The summed E-state index contributed by atoms with van der Waals surface area (Å²) >= 11 is 0. The highest BCUT2D eigenvalue weighted by Gasteiger charge is 2.11. The second-order valence-corrected chi connectivity index (χ2v) is 3.97. The predicted octanol–water partition coefficient (Wildman–Crippen LogP) is -0.550. The highest BCUT2D eigenvalue weighted by molar-refractivity contribution is 5.96. The molecule has 0 spiro atoms. The minimum absolute atomic E-state index is 0.231. The number of pyridine rings is 1. The normalized spacial score (nSPS) is 9.70. The van der Waals surface area contributed by atoms with Crippen LogP contribution in [0.2, 0.25) is 0 Å². The molecule has 2 rings (SSSR count). The van der Waals surface area contributed by atoms with Crippen molar-refractivity contribution in [1.29, 1.82) is 0 Å². The molecule has 0 aliphatic rings. The number of hydrogen-bond acceptors (Lipinski definition) is 5. The zero-order valence-electron chi connectivity index (χ0n) is 11.0.